The first-order valence-electron chi connectivity index (χ1n) is 10.0. The fraction of sp³-hybridized carbons (Fsp3) is 0.478. The molecule has 0 aliphatic carbocycles. The molecule has 0 aliphatic rings. The summed E-state index contributed by atoms with van der Waals surface area (Å²) >= 11 is 0. The van der Waals surface area contributed by atoms with E-state index < -0.39 is 0 Å². The van der Waals surface area contributed by atoms with Crippen molar-refractivity contribution in [1.29, 1.82) is 0 Å². The van der Waals surface area contributed by atoms with Crippen LogP contribution in [0.25, 0.3) is 0 Å². The number of hydrogen-bond donors (Lipinski definition) is 1. The van der Waals surface area contributed by atoms with Crippen molar-refractivity contribution in [2.75, 3.05) is 44.6 Å². The van der Waals surface area contributed by atoms with Crippen molar-refractivity contribution in [2.45, 2.75) is 33.7 Å². The molecule has 1 heterocycles. The van der Waals surface area contributed by atoms with Crippen LogP contribution in [0.5, 0.6) is 0 Å². The normalized spacial score (nSPS) is 11.3. The second-order valence-electron chi connectivity index (χ2n) is 8.72. The molecule has 1 N–H and O–H groups in total. The Balaban J connectivity index is 2.28. The number of nitrogens with zero attached hydrogens (tertiary/aromatic N) is 2. The van der Waals surface area contributed by atoms with Crippen LogP contribution in [0.4, 0.5) is 11.4 Å². The van der Waals surface area contributed by atoms with Gasteiger partial charge in [-0.25, -0.2) is 0 Å². The SMILES string of the molecule is COCCN(Cc1cc(NC(=O)CC(C)(C)C)ccc1N(C)C)C(=O)c1ccco1. The summed E-state index contributed by atoms with van der Waals surface area (Å²) in [6, 6.07) is 9.10. The predicted octanol–water partition coefficient (Wildman–Crippen LogP) is 4.01. The van der Waals surface area contributed by atoms with Crippen molar-refractivity contribution < 1.29 is 18.7 Å². The largest absolute Gasteiger partial charge is 0.459 e. The molecule has 1 aromatic heterocycles. The van der Waals surface area contributed by atoms with Gasteiger partial charge in [-0.2, -0.15) is 0 Å². The van der Waals surface area contributed by atoms with Gasteiger partial charge in [0.1, 0.15) is 0 Å². The molecule has 164 valence electrons. The molecular weight excluding hydrogens is 382 g/mol. The van der Waals surface area contributed by atoms with Crippen LogP contribution in [0.3, 0.4) is 0 Å². The standard InChI is InChI=1S/C23H33N3O4/c1-23(2,3)15-21(27)24-18-9-10-19(25(4)5)17(14-18)16-26(11-13-29-6)22(28)20-8-7-12-30-20/h7-10,12,14H,11,13,15-16H2,1-6H3,(H,24,27). The highest BCUT2D eigenvalue weighted by Gasteiger charge is 2.21. The van der Waals surface area contributed by atoms with E-state index >= 15 is 0 Å². The number of benzene rings is 1. The van der Waals surface area contributed by atoms with E-state index in [1.54, 1.807) is 24.1 Å². The first kappa shape index (κ1) is 23.5. The molecule has 0 aliphatic heterocycles. The van der Waals surface area contributed by atoms with Gasteiger partial charge >= 0.3 is 0 Å². The van der Waals surface area contributed by atoms with E-state index in [0.29, 0.717) is 31.8 Å². The van der Waals surface area contributed by atoms with Crippen LogP contribution in [0.15, 0.2) is 41.0 Å². The van der Waals surface area contributed by atoms with Gasteiger partial charge in [0.25, 0.3) is 5.91 Å². The maximum absolute atomic E-state index is 12.9. The van der Waals surface area contributed by atoms with E-state index in [9.17, 15) is 9.59 Å². The minimum absolute atomic E-state index is 0.0334. The van der Waals surface area contributed by atoms with Crippen LogP contribution in [0, 0.1) is 5.41 Å². The predicted molar refractivity (Wildman–Crippen MR) is 119 cm³/mol. The number of ether oxygens (including phenoxy) is 1. The highest BCUT2D eigenvalue weighted by molar-refractivity contribution is 5.92. The lowest BCUT2D eigenvalue weighted by molar-refractivity contribution is -0.117. The Bertz CT molecular complexity index is 839. The molecule has 2 rings (SSSR count). The van der Waals surface area contributed by atoms with Crippen molar-refractivity contribution in [2.24, 2.45) is 5.41 Å². The molecule has 0 saturated heterocycles. The third-order valence-corrected chi connectivity index (χ3v) is 4.48. The van der Waals surface area contributed by atoms with Crippen LogP contribution < -0.4 is 10.2 Å². The zero-order valence-corrected chi connectivity index (χ0v) is 18.8. The molecule has 0 bridgehead atoms. The van der Waals surface area contributed by atoms with Crippen molar-refractivity contribution in [3.8, 4) is 0 Å². The number of furan rings is 1. The van der Waals surface area contributed by atoms with Crippen LogP contribution in [-0.2, 0) is 16.1 Å². The maximum atomic E-state index is 12.9. The van der Waals surface area contributed by atoms with Gasteiger partial charge in [0.2, 0.25) is 5.91 Å². The number of anilines is 2. The summed E-state index contributed by atoms with van der Waals surface area (Å²) in [5.74, 6) is 0.0463. The highest BCUT2D eigenvalue weighted by atomic mass is 16.5. The molecular formula is C23H33N3O4. The Morgan fingerprint density at radius 3 is 2.47 bits per heavy atom. The van der Waals surface area contributed by atoms with Crippen LogP contribution >= 0.6 is 0 Å². The second-order valence-corrected chi connectivity index (χ2v) is 8.72. The molecule has 0 saturated carbocycles. The molecule has 2 aromatic rings. The summed E-state index contributed by atoms with van der Waals surface area (Å²) in [6.45, 7) is 7.28. The lowest BCUT2D eigenvalue weighted by Crippen LogP contribution is -2.33. The summed E-state index contributed by atoms with van der Waals surface area (Å²) in [5.41, 5.74) is 2.51. The number of hydrogen-bond acceptors (Lipinski definition) is 5. The Morgan fingerprint density at radius 2 is 1.90 bits per heavy atom. The number of amides is 2. The van der Waals surface area contributed by atoms with E-state index in [1.165, 1.54) is 6.26 Å². The number of carbonyl (C=O) groups excluding carboxylic acids is 2. The van der Waals surface area contributed by atoms with Crippen LogP contribution in [0.1, 0.15) is 43.3 Å². The third-order valence-electron chi connectivity index (χ3n) is 4.48. The highest BCUT2D eigenvalue weighted by Crippen LogP contribution is 2.26. The molecule has 0 fully saturated rings. The van der Waals surface area contributed by atoms with Gasteiger partial charge in [-0.05, 0) is 41.3 Å². The van der Waals surface area contributed by atoms with Crippen molar-refractivity contribution in [1.82, 2.24) is 4.90 Å². The number of carbonyl (C=O) groups is 2. The number of rotatable bonds is 9. The number of methoxy groups -OCH3 is 1. The second kappa shape index (κ2) is 10.3. The smallest absolute Gasteiger partial charge is 0.289 e. The zero-order valence-electron chi connectivity index (χ0n) is 18.8. The summed E-state index contributed by atoms with van der Waals surface area (Å²) < 4.78 is 10.5. The summed E-state index contributed by atoms with van der Waals surface area (Å²) in [6.07, 6.45) is 1.91. The monoisotopic (exact) mass is 415 g/mol. The molecule has 0 radical (unpaired) electrons. The third kappa shape index (κ3) is 6.91. The van der Waals surface area contributed by atoms with Crippen molar-refractivity contribution in [3.05, 3.63) is 47.9 Å². The molecule has 2 amide bonds. The van der Waals surface area contributed by atoms with E-state index in [0.717, 1.165) is 11.3 Å². The Morgan fingerprint density at radius 1 is 1.17 bits per heavy atom. The lowest BCUT2D eigenvalue weighted by Gasteiger charge is -2.25. The van der Waals surface area contributed by atoms with Gasteiger partial charge in [-0.3, -0.25) is 9.59 Å². The molecule has 0 spiro atoms. The zero-order chi connectivity index (χ0) is 22.3. The van der Waals surface area contributed by atoms with Crippen LogP contribution in [-0.4, -0.2) is 51.1 Å². The first-order chi connectivity index (χ1) is 14.1. The Labute approximate surface area is 179 Å². The minimum Gasteiger partial charge on any atom is -0.459 e. The summed E-state index contributed by atoms with van der Waals surface area (Å²) in [7, 11) is 5.50. The molecule has 7 heteroatoms. The first-order valence-corrected chi connectivity index (χ1v) is 10.0. The van der Waals surface area contributed by atoms with Gasteiger partial charge in [-0.1, -0.05) is 20.8 Å². The van der Waals surface area contributed by atoms with Gasteiger partial charge < -0.3 is 24.3 Å². The van der Waals surface area contributed by atoms with Gasteiger partial charge in [-0.15, -0.1) is 0 Å². The maximum Gasteiger partial charge on any atom is 0.289 e. The average Bonchev–Trinajstić information content (AvgIpc) is 3.17. The number of nitrogens with one attached hydrogen (secondary N) is 1. The molecule has 7 nitrogen and oxygen atoms in total. The molecule has 30 heavy (non-hydrogen) atoms. The van der Waals surface area contributed by atoms with E-state index in [-0.39, 0.29) is 23.0 Å². The topological polar surface area (TPSA) is 75.0 Å². The Kier molecular flexibility index (Phi) is 8.06. The van der Waals surface area contributed by atoms with Gasteiger partial charge in [0, 0.05) is 52.1 Å². The average molecular weight is 416 g/mol. The van der Waals surface area contributed by atoms with Gasteiger partial charge in [0.05, 0.1) is 12.9 Å². The molecule has 1 aromatic carbocycles. The van der Waals surface area contributed by atoms with E-state index in [4.69, 9.17) is 9.15 Å². The quantitative estimate of drug-likeness (QED) is 0.670. The lowest BCUT2D eigenvalue weighted by atomic mass is 9.92. The van der Waals surface area contributed by atoms with E-state index in [2.05, 4.69) is 5.32 Å². The Hall–Kier alpha value is -2.80. The molecule has 0 atom stereocenters. The van der Waals surface area contributed by atoms with Crippen LogP contribution in [0.2, 0.25) is 0 Å². The minimum atomic E-state index is -0.205. The fourth-order valence-corrected chi connectivity index (χ4v) is 3.13. The summed E-state index contributed by atoms with van der Waals surface area (Å²) in [4.78, 5) is 29.0. The van der Waals surface area contributed by atoms with Crippen molar-refractivity contribution in [3.63, 3.8) is 0 Å². The molecule has 0 unspecified atom stereocenters. The summed E-state index contributed by atoms with van der Waals surface area (Å²) in [5, 5.41) is 2.97. The van der Waals surface area contributed by atoms with E-state index in [1.807, 2.05) is 58.0 Å². The fourth-order valence-electron chi connectivity index (χ4n) is 3.13. The van der Waals surface area contributed by atoms with Crippen molar-refractivity contribution >= 4 is 23.2 Å². The van der Waals surface area contributed by atoms with Gasteiger partial charge in [0.15, 0.2) is 5.76 Å².